The standard InChI is InChI=1S/C24H30N2O2/c1-18(16-20-8-13-22(14-9-20)26(4)5)24(28)17-23(27)15-10-19-6-11-21(12-7-19)25(2)3/h6-15,18H,16-17H2,1-5H3/b15-10+. The normalized spacial score (nSPS) is 12.0. The predicted molar refractivity (Wildman–Crippen MR) is 118 cm³/mol. The zero-order valence-electron chi connectivity index (χ0n) is 17.5. The van der Waals surface area contributed by atoms with E-state index < -0.39 is 0 Å². The second kappa shape index (κ2) is 9.88. The van der Waals surface area contributed by atoms with Crippen LogP contribution in [-0.2, 0) is 16.0 Å². The third-order valence-electron chi connectivity index (χ3n) is 4.76. The Morgan fingerprint density at radius 1 is 0.857 bits per heavy atom. The minimum absolute atomic E-state index is 0.0192. The summed E-state index contributed by atoms with van der Waals surface area (Å²) in [7, 11) is 7.96. The van der Waals surface area contributed by atoms with Gasteiger partial charge < -0.3 is 9.80 Å². The number of rotatable bonds is 9. The van der Waals surface area contributed by atoms with E-state index in [1.54, 1.807) is 6.08 Å². The van der Waals surface area contributed by atoms with Crippen molar-refractivity contribution in [3.63, 3.8) is 0 Å². The summed E-state index contributed by atoms with van der Waals surface area (Å²) in [5.41, 5.74) is 4.28. The first-order valence-electron chi connectivity index (χ1n) is 9.53. The third-order valence-corrected chi connectivity index (χ3v) is 4.76. The van der Waals surface area contributed by atoms with Gasteiger partial charge in [0.2, 0.25) is 0 Å². The zero-order chi connectivity index (χ0) is 20.7. The highest BCUT2D eigenvalue weighted by molar-refractivity contribution is 6.06. The number of allylic oxidation sites excluding steroid dienone is 1. The van der Waals surface area contributed by atoms with Gasteiger partial charge in [0.05, 0.1) is 6.42 Å². The van der Waals surface area contributed by atoms with Crippen molar-refractivity contribution in [2.75, 3.05) is 38.0 Å². The fourth-order valence-electron chi connectivity index (χ4n) is 2.88. The quantitative estimate of drug-likeness (QED) is 0.483. The second-order valence-corrected chi connectivity index (χ2v) is 7.59. The molecule has 2 rings (SSSR count). The number of anilines is 2. The molecule has 0 radical (unpaired) electrons. The summed E-state index contributed by atoms with van der Waals surface area (Å²) in [6.07, 6.45) is 3.86. The van der Waals surface area contributed by atoms with Gasteiger partial charge in [-0.25, -0.2) is 0 Å². The van der Waals surface area contributed by atoms with E-state index in [-0.39, 0.29) is 23.9 Å². The lowest BCUT2D eigenvalue weighted by Crippen LogP contribution is -2.17. The number of hydrogen-bond donors (Lipinski definition) is 0. The first-order chi connectivity index (χ1) is 13.3. The van der Waals surface area contributed by atoms with Gasteiger partial charge in [0.25, 0.3) is 0 Å². The van der Waals surface area contributed by atoms with Crippen molar-refractivity contribution in [3.8, 4) is 0 Å². The van der Waals surface area contributed by atoms with Crippen LogP contribution in [0.25, 0.3) is 6.08 Å². The molecule has 148 valence electrons. The molecule has 4 heteroatoms. The van der Waals surface area contributed by atoms with Crippen molar-refractivity contribution in [2.45, 2.75) is 19.8 Å². The molecule has 2 aromatic rings. The summed E-state index contributed by atoms with van der Waals surface area (Å²) in [5.74, 6) is -0.354. The zero-order valence-corrected chi connectivity index (χ0v) is 17.5. The summed E-state index contributed by atoms with van der Waals surface area (Å²) in [6.45, 7) is 1.89. The molecule has 1 atom stereocenters. The molecule has 0 N–H and O–H groups in total. The SMILES string of the molecule is CC(Cc1ccc(N(C)C)cc1)C(=O)CC(=O)/C=C/c1ccc(N(C)C)cc1. The van der Waals surface area contributed by atoms with E-state index in [1.807, 2.05) is 93.4 Å². The molecule has 0 spiro atoms. The first-order valence-corrected chi connectivity index (χ1v) is 9.53. The molecule has 0 aromatic heterocycles. The lowest BCUT2D eigenvalue weighted by atomic mass is 9.94. The molecule has 0 bridgehead atoms. The fourth-order valence-corrected chi connectivity index (χ4v) is 2.88. The number of carbonyl (C=O) groups excluding carboxylic acids is 2. The van der Waals surface area contributed by atoms with Crippen LogP contribution in [0.2, 0.25) is 0 Å². The largest absolute Gasteiger partial charge is 0.378 e. The monoisotopic (exact) mass is 378 g/mol. The molecule has 28 heavy (non-hydrogen) atoms. The smallest absolute Gasteiger partial charge is 0.163 e. The summed E-state index contributed by atoms with van der Waals surface area (Å²) in [6, 6.07) is 16.1. The van der Waals surface area contributed by atoms with Crippen LogP contribution in [0.3, 0.4) is 0 Å². The highest BCUT2D eigenvalue weighted by atomic mass is 16.1. The molecule has 0 amide bonds. The van der Waals surface area contributed by atoms with Crippen LogP contribution in [0.5, 0.6) is 0 Å². The Labute approximate surface area is 168 Å². The Morgan fingerprint density at radius 2 is 1.36 bits per heavy atom. The van der Waals surface area contributed by atoms with Crippen molar-refractivity contribution in [2.24, 2.45) is 5.92 Å². The summed E-state index contributed by atoms with van der Waals surface area (Å²) < 4.78 is 0. The number of carbonyl (C=O) groups is 2. The molecule has 0 saturated carbocycles. The molecule has 0 saturated heterocycles. The summed E-state index contributed by atoms with van der Waals surface area (Å²) in [4.78, 5) is 28.6. The molecular weight excluding hydrogens is 348 g/mol. The predicted octanol–water partition coefficient (Wildman–Crippen LogP) is 4.24. The molecule has 4 nitrogen and oxygen atoms in total. The van der Waals surface area contributed by atoms with Gasteiger partial charge in [0.1, 0.15) is 5.78 Å². The number of hydrogen-bond acceptors (Lipinski definition) is 4. The van der Waals surface area contributed by atoms with E-state index in [0.717, 1.165) is 22.5 Å². The fraction of sp³-hybridized carbons (Fsp3) is 0.333. The van der Waals surface area contributed by atoms with Crippen molar-refractivity contribution in [3.05, 3.63) is 65.7 Å². The number of nitrogens with zero attached hydrogens (tertiary/aromatic N) is 2. The van der Waals surface area contributed by atoms with Crippen molar-refractivity contribution < 1.29 is 9.59 Å². The van der Waals surface area contributed by atoms with Crippen LogP contribution in [-0.4, -0.2) is 39.8 Å². The maximum Gasteiger partial charge on any atom is 0.163 e. The molecule has 2 aromatic carbocycles. The molecule has 0 heterocycles. The maximum atomic E-state index is 12.4. The van der Waals surface area contributed by atoms with Crippen molar-refractivity contribution in [1.82, 2.24) is 0 Å². The lowest BCUT2D eigenvalue weighted by Gasteiger charge is -2.14. The number of ketones is 2. The van der Waals surface area contributed by atoms with Crippen LogP contribution >= 0.6 is 0 Å². The van der Waals surface area contributed by atoms with E-state index >= 15 is 0 Å². The maximum absolute atomic E-state index is 12.4. The van der Waals surface area contributed by atoms with Crippen LogP contribution in [0.4, 0.5) is 11.4 Å². The van der Waals surface area contributed by atoms with Crippen LogP contribution in [0.1, 0.15) is 24.5 Å². The molecular formula is C24H30N2O2. The first kappa shape index (κ1) is 21.4. The van der Waals surface area contributed by atoms with Gasteiger partial charge in [-0.3, -0.25) is 9.59 Å². The second-order valence-electron chi connectivity index (χ2n) is 7.59. The van der Waals surface area contributed by atoms with E-state index in [9.17, 15) is 9.59 Å². The van der Waals surface area contributed by atoms with Gasteiger partial charge in [-0.2, -0.15) is 0 Å². The average Bonchev–Trinajstić information content (AvgIpc) is 2.67. The molecule has 0 aliphatic rings. The van der Waals surface area contributed by atoms with E-state index in [4.69, 9.17) is 0 Å². The topological polar surface area (TPSA) is 40.6 Å². The highest BCUT2D eigenvalue weighted by Gasteiger charge is 2.16. The summed E-state index contributed by atoms with van der Waals surface area (Å²) in [5, 5.41) is 0. The Balaban J connectivity index is 1.87. The van der Waals surface area contributed by atoms with Gasteiger partial charge in [0, 0.05) is 45.5 Å². The molecule has 0 aliphatic heterocycles. The van der Waals surface area contributed by atoms with Gasteiger partial charge >= 0.3 is 0 Å². The average molecular weight is 379 g/mol. The van der Waals surface area contributed by atoms with Crippen LogP contribution < -0.4 is 9.80 Å². The number of benzene rings is 2. The molecule has 0 aliphatic carbocycles. The number of Topliss-reactive ketones (excluding diaryl/α,β-unsaturated/α-hetero) is 1. The van der Waals surface area contributed by atoms with E-state index in [2.05, 4.69) is 0 Å². The minimum atomic E-state index is -0.179. The Morgan fingerprint density at radius 3 is 1.86 bits per heavy atom. The Bertz CT molecular complexity index is 819. The Kier molecular flexibility index (Phi) is 7.56. The van der Waals surface area contributed by atoms with E-state index in [1.165, 1.54) is 6.08 Å². The lowest BCUT2D eigenvalue weighted by molar-refractivity contribution is -0.127. The van der Waals surface area contributed by atoms with E-state index in [0.29, 0.717) is 6.42 Å². The van der Waals surface area contributed by atoms with Gasteiger partial charge in [-0.05, 0) is 47.9 Å². The highest BCUT2D eigenvalue weighted by Crippen LogP contribution is 2.17. The van der Waals surface area contributed by atoms with Crippen molar-refractivity contribution >= 4 is 29.0 Å². The third kappa shape index (κ3) is 6.38. The summed E-state index contributed by atoms with van der Waals surface area (Å²) >= 11 is 0. The van der Waals surface area contributed by atoms with Gasteiger partial charge in [-0.1, -0.05) is 37.3 Å². The van der Waals surface area contributed by atoms with Gasteiger partial charge in [0.15, 0.2) is 5.78 Å². The molecule has 0 fully saturated rings. The minimum Gasteiger partial charge on any atom is -0.378 e. The molecule has 1 unspecified atom stereocenters. The van der Waals surface area contributed by atoms with Crippen LogP contribution in [0, 0.1) is 5.92 Å². The van der Waals surface area contributed by atoms with Crippen LogP contribution in [0.15, 0.2) is 54.6 Å². The van der Waals surface area contributed by atoms with Crippen molar-refractivity contribution in [1.29, 1.82) is 0 Å². The van der Waals surface area contributed by atoms with Gasteiger partial charge in [-0.15, -0.1) is 0 Å². The Hall–Kier alpha value is -2.88.